The van der Waals surface area contributed by atoms with Crippen LogP contribution >= 0.6 is 0 Å². The summed E-state index contributed by atoms with van der Waals surface area (Å²) < 4.78 is 0. The van der Waals surface area contributed by atoms with Crippen LogP contribution in [0.4, 0.5) is 0 Å². The van der Waals surface area contributed by atoms with Crippen molar-refractivity contribution in [3.63, 3.8) is 0 Å². The van der Waals surface area contributed by atoms with Crippen molar-refractivity contribution in [1.82, 2.24) is 4.98 Å². The zero-order chi connectivity index (χ0) is 13.2. The van der Waals surface area contributed by atoms with Crippen molar-refractivity contribution in [2.45, 2.75) is 65.2 Å². The van der Waals surface area contributed by atoms with Crippen LogP contribution in [0, 0.1) is 0 Å². The molecule has 0 unspecified atom stereocenters. The van der Waals surface area contributed by atoms with Gasteiger partial charge in [-0.2, -0.15) is 0 Å². The molecule has 0 aliphatic heterocycles. The van der Waals surface area contributed by atoms with Crippen LogP contribution in [0.25, 0.3) is 0 Å². The minimum Gasteiger partial charge on any atom is -0.299 e. The average molecular weight is 247 g/mol. The van der Waals surface area contributed by atoms with E-state index in [0.29, 0.717) is 18.6 Å². The maximum atomic E-state index is 11.8. The molecule has 0 amide bonds. The molecule has 0 aromatic carbocycles. The average Bonchev–Trinajstić information content (AvgIpc) is 2.35. The fourth-order valence-corrected chi connectivity index (χ4v) is 2.11. The number of rotatable bonds is 9. The number of aryl methyl sites for hydroxylation is 1. The summed E-state index contributed by atoms with van der Waals surface area (Å²) >= 11 is 0. The number of carbonyl (C=O) groups is 1. The Labute approximate surface area is 111 Å². The van der Waals surface area contributed by atoms with Gasteiger partial charge in [-0.1, -0.05) is 39.5 Å². The van der Waals surface area contributed by atoms with Crippen molar-refractivity contribution in [3.05, 3.63) is 29.6 Å². The maximum absolute atomic E-state index is 11.8. The van der Waals surface area contributed by atoms with Crippen LogP contribution < -0.4 is 0 Å². The van der Waals surface area contributed by atoms with Crippen LogP contribution in [0.15, 0.2) is 18.3 Å². The number of ketones is 1. The summed E-state index contributed by atoms with van der Waals surface area (Å²) in [6.07, 6.45) is 9.89. The van der Waals surface area contributed by atoms with Gasteiger partial charge in [-0.3, -0.25) is 9.78 Å². The standard InChI is InChI=1S/C16H25NO/c1-3-5-6-7-9-16(18)13-15-12-14(8-4-2)10-11-17-15/h10-12H,3-9,13H2,1-2H3. The van der Waals surface area contributed by atoms with Gasteiger partial charge < -0.3 is 0 Å². The number of carbonyl (C=O) groups excluding carboxylic acids is 1. The summed E-state index contributed by atoms with van der Waals surface area (Å²) in [5, 5.41) is 0. The van der Waals surface area contributed by atoms with Crippen molar-refractivity contribution >= 4 is 5.78 Å². The van der Waals surface area contributed by atoms with Crippen LogP contribution in [0.2, 0.25) is 0 Å². The van der Waals surface area contributed by atoms with Crippen LogP contribution in [0.5, 0.6) is 0 Å². The van der Waals surface area contributed by atoms with E-state index in [1.807, 2.05) is 12.3 Å². The molecular weight excluding hydrogens is 222 g/mol. The van der Waals surface area contributed by atoms with Crippen molar-refractivity contribution in [2.75, 3.05) is 0 Å². The number of hydrogen-bond acceptors (Lipinski definition) is 2. The van der Waals surface area contributed by atoms with E-state index in [9.17, 15) is 4.79 Å². The van der Waals surface area contributed by atoms with Gasteiger partial charge >= 0.3 is 0 Å². The minimum atomic E-state index is 0.326. The van der Waals surface area contributed by atoms with Gasteiger partial charge in [-0.25, -0.2) is 0 Å². The molecule has 0 N–H and O–H groups in total. The minimum absolute atomic E-state index is 0.326. The second kappa shape index (κ2) is 8.84. The lowest BCUT2D eigenvalue weighted by atomic mass is 10.0. The van der Waals surface area contributed by atoms with Crippen LogP contribution in [0.3, 0.4) is 0 Å². The molecule has 18 heavy (non-hydrogen) atoms. The first kappa shape index (κ1) is 14.9. The molecule has 0 aliphatic rings. The third-order valence-electron chi connectivity index (χ3n) is 3.11. The SMILES string of the molecule is CCCCCCC(=O)Cc1cc(CCC)ccn1. The monoisotopic (exact) mass is 247 g/mol. The first-order valence-corrected chi connectivity index (χ1v) is 7.21. The Kier molecular flexibility index (Phi) is 7.31. The molecule has 0 atom stereocenters. The Morgan fingerprint density at radius 1 is 1.17 bits per heavy atom. The van der Waals surface area contributed by atoms with E-state index in [1.165, 1.54) is 24.8 Å². The van der Waals surface area contributed by atoms with Gasteiger partial charge in [-0.05, 0) is 30.5 Å². The summed E-state index contributed by atoms with van der Waals surface area (Å²) in [5.74, 6) is 0.326. The zero-order valence-electron chi connectivity index (χ0n) is 11.7. The highest BCUT2D eigenvalue weighted by Gasteiger charge is 2.05. The summed E-state index contributed by atoms with van der Waals surface area (Å²) in [4.78, 5) is 16.1. The van der Waals surface area contributed by atoms with E-state index in [1.54, 1.807) is 0 Å². The van der Waals surface area contributed by atoms with Crippen LogP contribution in [0.1, 0.15) is 63.6 Å². The van der Waals surface area contributed by atoms with Gasteiger partial charge in [-0.15, -0.1) is 0 Å². The van der Waals surface area contributed by atoms with E-state index in [4.69, 9.17) is 0 Å². The molecule has 0 spiro atoms. The Morgan fingerprint density at radius 3 is 2.72 bits per heavy atom. The van der Waals surface area contributed by atoms with Crippen LogP contribution in [-0.2, 0) is 17.6 Å². The lowest BCUT2D eigenvalue weighted by molar-refractivity contribution is -0.118. The smallest absolute Gasteiger partial charge is 0.138 e. The highest BCUT2D eigenvalue weighted by Crippen LogP contribution is 2.08. The van der Waals surface area contributed by atoms with Crippen molar-refractivity contribution < 1.29 is 4.79 Å². The van der Waals surface area contributed by atoms with Gasteiger partial charge in [0.1, 0.15) is 5.78 Å². The number of Topliss-reactive ketones (excluding diaryl/α,β-unsaturated/α-hetero) is 1. The third kappa shape index (κ3) is 5.95. The number of hydrogen-bond donors (Lipinski definition) is 0. The largest absolute Gasteiger partial charge is 0.299 e. The molecule has 1 aromatic heterocycles. The highest BCUT2D eigenvalue weighted by atomic mass is 16.1. The summed E-state index contributed by atoms with van der Waals surface area (Å²) in [7, 11) is 0. The molecule has 0 radical (unpaired) electrons. The molecule has 0 saturated carbocycles. The first-order valence-electron chi connectivity index (χ1n) is 7.21. The number of aromatic nitrogens is 1. The van der Waals surface area contributed by atoms with E-state index >= 15 is 0 Å². The first-order chi connectivity index (χ1) is 8.76. The second-order valence-corrected chi connectivity index (χ2v) is 4.93. The van der Waals surface area contributed by atoms with E-state index < -0.39 is 0 Å². The molecule has 0 aliphatic carbocycles. The summed E-state index contributed by atoms with van der Waals surface area (Å²) in [5.41, 5.74) is 2.22. The Balaban J connectivity index is 2.36. The third-order valence-corrected chi connectivity index (χ3v) is 3.11. The molecule has 1 aromatic rings. The lowest BCUT2D eigenvalue weighted by Crippen LogP contribution is -2.04. The van der Waals surface area contributed by atoms with Gasteiger partial charge in [0.2, 0.25) is 0 Å². The predicted octanol–water partition coefficient (Wildman–Crippen LogP) is 4.12. The van der Waals surface area contributed by atoms with Gasteiger partial charge in [0, 0.05) is 24.7 Å². The Morgan fingerprint density at radius 2 is 2.00 bits per heavy atom. The van der Waals surface area contributed by atoms with Gasteiger partial charge in [0.25, 0.3) is 0 Å². The Hall–Kier alpha value is -1.18. The quantitative estimate of drug-likeness (QED) is 0.614. The molecular formula is C16H25NO. The zero-order valence-corrected chi connectivity index (χ0v) is 11.7. The molecule has 2 nitrogen and oxygen atoms in total. The fourth-order valence-electron chi connectivity index (χ4n) is 2.11. The number of pyridine rings is 1. The molecule has 2 heteroatoms. The Bertz CT molecular complexity index is 360. The molecule has 100 valence electrons. The van der Waals surface area contributed by atoms with E-state index in [2.05, 4.69) is 24.9 Å². The van der Waals surface area contributed by atoms with Crippen molar-refractivity contribution in [1.29, 1.82) is 0 Å². The summed E-state index contributed by atoms with van der Waals surface area (Å²) in [6.45, 7) is 4.35. The lowest BCUT2D eigenvalue weighted by Gasteiger charge is -2.03. The fraction of sp³-hybridized carbons (Fsp3) is 0.625. The molecule has 0 bridgehead atoms. The summed E-state index contributed by atoms with van der Waals surface area (Å²) in [6, 6.07) is 4.12. The number of nitrogens with zero attached hydrogens (tertiary/aromatic N) is 1. The van der Waals surface area contributed by atoms with E-state index in [0.717, 1.165) is 25.0 Å². The topological polar surface area (TPSA) is 30.0 Å². The predicted molar refractivity (Wildman–Crippen MR) is 75.7 cm³/mol. The van der Waals surface area contributed by atoms with Crippen LogP contribution in [-0.4, -0.2) is 10.8 Å². The molecule has 1 rings (SSSR count). The van der Waals surface area contributed by atoms with Gasteiger partial charge in [0.05, 0.1) is 0 Å². The second-order valence-electron chi connectivity index (χ2n) is 4.93. The number of unbranched alkanes of at least 4 members (excludes halogenated alkanes) is 3. The molecule has 0 saturated heterocycles. The van der Waals surface area contributed by atoms with Crippen molar-refractivity contribution in [3.8, 4) is 0 Å². The van der Waals surface area contributed by atoms with Crippen molar-refractivity contribution in [2.24, 2.45) is 0 Å². The highest BCUT2D eigenvalue weighted by molar-refractivity contribution is 5.80. The van der Waals surface area contributed by atoms with Gasteiger partial charge in [0.15, 0.2) is 0 Å². The maximum Gasteiger partial charge on any atom is 0.138 e. The normalized spacial score (nSPS) is 10.6. The molecule has 1 heterocycles. The molecule has 0 fully saturated rings. The van der Waals surface area contributed by atoms with E-state index in [-0.39, 0.29) is 0 Å².